The number of rotatable bonds is 5. The lowest BCUT2D eigenvalue weighted by Gasteiger charge is -2.04. The Kier molecular flexibility index (Phi) is 4.45. The summed E-state index contributed by atoms with van der Waals surface area (Å²) in [7, 11) is -1.75. The minimum absolute atomic E-state index is 0.0286. The van der Waals surface area contributed by atoms with Gasteiger partial charge in [0.05, 0.1) is 5.25 Å². The minimum atomic E-state index is -3.36. The first-order chi connectivity index (χ1) is 11.0. The Hall–Kier alpha value is -1.80. The molecule has 8 heteroatoms. The van der Waals surface area contributed by atoms with E-state index in [2.05, 4.69) is 5.10 Å². The van der Waals surface area contributed by atoms with Crippen LogP contribution in [0.15, 0.2) is 46.5 Å². The van der Waals surface area contributed by atoms with Crippen LogP contribution in [-0.2, 0) is 28.2 Å². The Balaban J connectivity index is 1.63. The highest BCUT2D eigenvalue weighted by Crippen LogP contribution is 2.34. The number of aromatic nitrogens is 2. The molecule has 1 aromatic heterocycles. The SMILES string of the molecule is Cn1nc(S(=O)(=O)C2CC2)cc1SC(=O)OCc1ccccc1. The van der Waals surface area contributed by atoms with Gasteiger partial charge in [-0.3, -0.25) is 4.68 Å². The highest BCUT2D eigenvalue weighted by molar-refractivity contribution is 8.13. The summed E-state index contributed by atoms with van der Waals surface area (Å²) in [5, 5.41) is 3.68. The van der Waals surface area contributed by atoms with Crippen LogP contribution < -0.4 is 0 Å². The smallest absolute Gasteiger partial charge is 0.373 e. The molecule has 0 atom stereocenters. The van der Waals surface area contributed by atoms with Gasteiger partial charge >= 0.3 is 5.30 Å². The number of benzene rings is 1. The predicted octanol–water partition coefficient (Wildman–Crippen LogP) is 2.79. The fourth-order valence-electron chi connectivity index (χ4n) is 2.04. The molecule has 3 rings (SSSR count). The summed E-state index contributed by atoms with van der Waals surface area (Å²) in [6.07, 6.45) is 1.36. The molecule has 23 heavy (non-hydrogen) atoms. The Morgan fingerprint density at radius 1 is 1.35 bits per heavy atom. The summed E-state index contributed by atoms with van der Waals surface area (Å²) in [6, 6.07) is 10.8. The zero-order chi connectivity index (χ0) is 16.4. The quantitative estimate of drug-likeness (QED) is 0.608. The van der Waals surface area contributed by atoms with E-state index in [0.29, 0.717) is 17.9 Å². The zero-order valence-electron chi connectivity index (χ0n) is 12.5. The number of ether oxygens (including phenoxy) is 1. The van der Waals surface area contributed by atoms with Crippen LogP contribution in [0.25, 0.3) is 0 Å². The summed E-state index contributed by atoms with van der Waals surface area (Å²) in [6.45, 7) is 0.178. The molecule has 0 N–H and O–H groups in total. The normalized spacial score (nSPS) is 14.7. The standard InChI is InChI=1S/C15H16N2O4S2/c1-17-14(9-13(16-17)23(19,20)12-7-8-12)22-15(18)21-10-11-5-3-2-4-6-11/h2-6,9,12H,7-8,10H2,1H3. The fraction of sp³-hybridized carbons (Fsp3) is 0.333. The van der Waals surface area contributed by atoms with Gasteiger partial charge in [-0.2, -0.15) is 5.10 Å². The Morgan fingerprint density at radius 2 is 2.04 bits per heavy atom. The number of carbonyl (C=O) groups is 1. The van der Waals surface area contributed by atoms with E-state index < -0.39 is 15.1 Å². The molecular weight excluding hydrogens is 336 g/mol. The Morgan fingerprint density at radius 3 is 2.70 bits per heavy atom. The second kappa shape index (κ2) is 6.37. The number of sulfone groups is 1. The van der Waals surface area contributed by atoms with Gasteiger partial charge in [0.2, 0.25) is 0 Å². The number of carbonyl (C=O) groups excluding carboxylic acids is 1. The van der Waals surface area contributed by atoms with Crippen LogP contribution in [0.1, 0.15) is 18.4 Å². The monoisotopic (exact) mass is 352 g/mol. The van der Waals surface area contributed by atoms with Crippen LogP contribution in [0, 0.1) is 0 Å². The van der Waals surface area contributed by atoms with Gasteiger partial charge in [-0.1, -0.05) is 30.3 Å². The summed E-state index contributed by atoms with van der Waals surface area (Å²) >= 11 is 0.833. The fourth-order valence-corrected chi connectivity index (χ4v) is 4.36. The van der Waals surface area contributed by atoms with E-state index in [1.54, 1.807) is 7.05 Å². The molecule has 1 fully saturated rings. The first-order valence-electron chi connectivity index (χ1n) is 7.13. The van der Waals surface area contributed by atoms with Crippen molar-refractivity contribution in [2.75, 3.05) is 0 Å². The number of hydrogen-bond donors (Lipinski definition) is 0. The molecule has 0 unspecified atom stereocenters. The van der Waals surface area contributed by atoms with Gasteiger partial charge in [-0.25, -0.2) is 13.2 Å². The van der Waals surface area contributed by atoms with Crippen LogP contribution in [0.5, 0.6) is 0 Å². The van der Waals surface area contributed by atoms with Gasteiger partial charge in [-0.05, 0) is 18.4 Å². The summed E-state index contributed by atoms with van der Waals surface area (Å²) in [5.74, 6) is 0. The molecule has 1 saturated carbocycles. The highest BCUT2D eigenvalue weighted by Gasteiger charge is 2.39. The van der Waals surface area contributed by atoms with Crippen molar-refractivity contribution in [2.45, 2.75) is 34.8 Å². The zero-order valence-corrected chi connectivity index (χ0v) is 14.1. The van der Waals surface area contributed by atoms with Crippen molar-refractivity contribution in [1.29, 1.82) is 0 Å². The minimum Gasteiger partial charge on any atom is -0.452 e. The first kappa shape index (κ1) is 16.1. The van der Waals surface area contributed by atoms with Crippen molar-refractivity contribution >= 4 is 26.9 Å². The van der Waals surface area contributed by atoms with Crippen LogP contribution in [0.3, 0.4) is 0 Å². The maximum atomic E-state index is 12.2. The van der Waals surface area contributed by atoms with E-state index >= 15 is 0 Å². The molecule has 0 saturated heterocycles. The second-order valence-electron chi connectivity index (χ2n) is 5.32. The van der Waals surface area contributed by atoms with Gasteiger partial charge in [0.1, 0.15) is 11.6 Å². The average molecular weight is 352 g/mol. The van der Waals surface area contributed by atoms with Gasteiger partial charge in [-0.15, -0.1) is 0 Å². The molecule has 0 spiro atoms. The molecule has 1 aliphatic carbocycles. The number of nitrogens with zero attached hydrogens (tertiary/aromatic N) is 2. The van der Waals surface area contributed by atoms with E-state index in [1.165, 1.54) is 10.7 Å². The number of hydrogen-bond acceptors (Lipinski definition) is 6. The van der Waals surface area contributed by atoms with E-state index in [0.717, 1.165) is 17.3 Å². The number of thioether (sulfide) groups is 1. The molecule has 2 aromatic rings. The van der Waals surface area contributed by atoms with Crippen molar-refractivity contribution in [1.82, 2.24) is 9.78 Å². The van der Waals surface area contributed by atoms with Crippen molar-refractivity contribution in [2.24, 2.45) is 7.05 Å². The lowest BCUT2D eigenvalue weighted by atomic mass is 10.2. The largest absolute Gasteiger partial charge is 0.452 e. The van der Waals surface area contributed by atoms with Crippen molar-refractivity contribution < 1.29 is 17.9 Å². The lowest BCUT2D eigenvalue weighted by Crippen LogP contribution is -2.08. The lowest BCUT2D eigenvalue weighted by molar-refractivity contribution is 0.168. The molecule has 0 radical (unpaired) electrons. The second-order valence-corrected chi connectivity index (χ2v) is 8.45. The number of aryl methyl sites for hydroxylation is 1. The molecule has 0 amide bonds. The van der Waals surface area contributed by atoms with Gasteiger partial charge in [0.15, 0.2) is 14.9 Å². The van der Waals surface area contributed by atoms with E-state index in [4.69, 9.17) is 4.74 Å². The molecule has 6 nitrogen and oxygen atoms in total. The van der Waals surface area contributed by atoms with Crippen LogP contribution in [0.4, 0.5) is 4.79 Å². The molecule has 122 valence electrons. The maximum Gasteiger partial charge on any atom is 0.373 e. The average Bonchev–Trinajstić information content (AvgIpc) is 3.32. The summed E-state index contributed by atoms with van der Waals surface area (Å²) < 4.78 is 30.9. The molecular formula is C15H16N2O4S2. The van der Waals surface area contributed by atoms with Crippen molar-refractivity contribution in [3.63, 3.8) is 0 Å². The molecule has 1 aromatic carbocycles. The first-order valence-corrected chi connectivity index (χ1v) is 9.49. The third kappa shape index (κ3) is 3.76. The Labute approximate surface area is 138 Å². The van der Waals surface area contributed by atoms with Crippen LogP contribution in [0.2, 0.25) is 0 Å². The predicted molar refractivity (Wildman–Crippen MR) is 85.9 cm³/mol. The molecule has 1 heterocycles. The van der Waals surface area contributed by atoms with Gasteiger partial charge in [0, 0.05) is 24.9 Å². The van der Waals surface area contributed by atoms with E-state index in [9.17, 15) is 13.2 Å². The van der Waals surface area contributed by atoms with Gasteiger partial charge < -0.3 is 4.74 Å². The maximum absolute atomic E-state index is 12.2. The summed E-state index contributed by atoms with van der Waals surface area (Å²) in [4.78, 5) is 11.9. The third-order valence-corrected chi connectivity index (χ3v) is 6.46. The van der Waals surface area contributed by atoms with Gasteiger partial charge in [0.25, 0.3) is 0 Å². The molecule has 0 aliphatic heterocycles. The molecule has 1 aliphatic rings. The Bertz CT molecular complexity index is 811. The van der Waals surface area contributed by atoms with Crippen LogP contribution >= 0.6 is 11.8 Å². The van der Waals surface area contributed by atoms with E-state index in [-0.39, 0.29) is 16.9 Å². The third-order valence-electron chi connectivity index (χ3n) is 3.46. The summed E-state index contributed by atoms with van der Waals surface area (Å²) in [5.41, 5.74) is 0.892. The molecule has 0 bridgehead atoms. The topological polar surface area (TPSA) is 78.3 Å². The van der Waals surface area contributed by atoms with Crippen molar-refractivity contribution in [3.05, 3.63) is 42.0 Å². The van der Waals surface area contributed by atoms with Crippen molar-refractivity contribution in [3.8, 4) is 0 Å². The highest BCUT2D eigenvalue weighted by atomic mass is 32.2. The van der Waals surface area contributed by atoms with Crippen LogP contribution in [-0.4, -0.2) is 28.7 Å². The van der Waals surface area contributed by atoms with E-state index in [1.807, 2.05) is 30.3 Å².